The Morgan fingerprint density at radius 2 is 1.92 bits per heavy atom. The molecule has 2 heterocycles. The Labute approximate surface area is 151 Å². The molecule has 0 aliphatic rings. The first kappa shape index (κ1) is 17.6. The highest BCUT2D eigenvalue weighted by Crippen LogP contribution is 2.25. The quantitative estimate of drug-likeness (QED) is 0.500. The van der Waals surface area contributed by atoms with Gasteiger partial charge in [0.05, 0.1) is 25.3 Å². The first-order chi connectivity index (χ1) is 12.5. The number of esters is 1. The number of carbonyl (C=O) groups excluding carboxylic acids is 3. The van der Waals surface area contributed by atoms with Crippen molar-refractivity contribution in [3.63, 3.8) is 0 Å². The Morgan fingerprint density at radius 3 is 2.65 bits per heavy atom. The number of aromatic nitrogens is 2. The summed E-state index contributed by atoms with van der Waals surface area (Å²) >= 11 is 1.06. The van der Waals surface area contributed by atoms with Gasteiger partial charge >= 0.3 is 12.1 Å². The third-order valence-electron chi connectivity index (χ3n) is 3.61. The lowest BCUT2D eigenvalue weighted by Crippen LogP contribution is -2.08. The van der Waals surface area contributed by atoms with Crippen molar-refractivity contribution in [3.8, 4) is 0 Å². The number of benzene rings is 1. The molecule has 0 atom stereocenters. The third-order valence-corrected chi connectivity index (χ3v) is 4.46. The van der Waals surface area contributed by atoms with Crippen molar-refractivity contribution in [1.82, 2.24) is 9.55 Å². The van der Waals surface area contributed by atoms with Crippen molar-refractivity contribution >= 4 is 40.1 Å². The summed E-state index contributed by atoms with van der Waals surface area (Å²) in [5.74, 6) is -0.938. The molecule has 1 aromatic carbocycles. The summed E-state index contributed by atoms with van der Waals surface area (Å²) in [6.45, 7) is -0.105. The van der Waals surface area contributed by atoms with E-state index in [-0.39, 0.29) is 23.2 Å². The van der Waals surface area contributed by atoms with Crippen molar-refractivity contribution in [1.29, 1.82) is 0 Å². The van der Waals surface area contributed by atoms with E-state index in [0.29, 0.717) is 16.5 Å². The van der Waals surface area contributed by atoms with Gasteiger partial charge in [-0.25, -0.2) is 14.6 Å². The molecule has 0 fully saturated rings. The van der Waals surface area contributed by atoms with Gasteiger partial charge < -0.3 is 18.8 Å². The molecule has 2 aromatic heterocycles. The fourth-order valence-corrected chi connectivity index (χ4v) is 3.15. The van der Waals surface area contributed by atoms with Gasteiger partial charge in [-0.3, -0.25) is 4.79 Å². The van der Waals surface area contributed by atoms with Crippen molar-refractivity contribution in [2.75, 3.05) is 14.2 Å². The van der Waals surface area contributed by atoms with Crippen molar-refractivity contribution in [2.45, 2.75) is 6.73 Å². The number of ether oxygens (including phenoxy) is 3. The zero-order chi connectivity index (χ0) is 18.7. The number of rotatable bonds is 5. The molecule has 0 saturated carbocycles. The molecule has 0 bridgehead atoms. The maximum atomic E-state index is 12.8. The summed E-state index contributed by atoms with van der Waals surface area (Å²) in [6, 6.07) is 7.19. The van der Waals surface area contributed by atoms with Crippen LogP contribution in [0.1, 0.15) is 25.9 Å². The second-order valence-electron chi connectivity index (χ2n) is 5.12. The topological polar surface area (TPSA) is 96.7 Å². The lowest BCUT2D eigenvalue weighted by Gasteiger charge is -2.05. The maximum Gasteiger partial charge on any atom is 0.509 e. The van der Waals surface area contributed by atoms with Crippen LogP contribution in [-0.2, 0) is 20.9 Å². The van der Waals surface area contributed by atoms with Crippen LogP contribution in [0.3, 0.4) is 0 Å². The predicted molar refractivity (Wildman–Crippen MR) is 92.3 cm³/mol. The van der Waals surface area contributed by atoms with Crippen LogP contribution in [0.4, 0.5) is 4.79 Å². The molecule has 8 nitrogen and oxygen atoms in total. The van der Waals surface area contributed by atoms with Gasteiger partial charge in [0.1, 0.15) is 0 Å². The second kappa shape index (κ2) is 7.36. The monoisotopic (exact) mass is 374 g/mol. The number of ketones is 1. The molecular weight excluding hydrogens is 360 g/mol. The van der Waals surface area contributed by atoms with Crippen molar-refractivity contribution in [3.05, 3.63) is 52.1 Å². The van der Waals surface area contributed by atoms with E-state index in [9.17, 15) is 14.4 Å². The van der Waals surface area contributed by atoms with E-state index in [1.54, 1.807) is 29.0 Å². The highest BCUT2D eigenvalue weighted by molar-refractivity contribution is 7.12. The van der Waals surface area contributed by atoms with Crippen molar-refractivity contribution < 1.29 is 28.6 Å². The summed E-state index contributed by atoms with van der Waals surface area (Å²) in [7, 11) is 2.46. The van der Waals surface area contributed by atoms with Gasteiger partial charge in [-0.1, -0.05) is 18.2 Å². The molecule has 0 amide bonds. The minimum absolute atomic E-state index is 0.0820. The van der Waals surface area contributed by atoms with E-state index in [1.807, 2.05) is 6.07 Å². The fraction of sp³-hybridized carbons (Fsp3) is 0.176. The number of nitrogens with zero attached hydrogens (tertiary/aromatic N) is 2. The van der Waals surface area contributed by atoms with E-state index in [4.69, 9.17) is 4.74 Å². The Balaban J connectivity index is 1.96. The molecule has 0 saturated heterocycles. The van der Waals surface area contributed by atoms with Gasteiger partial charge in [0.2, 0.25) is 5.78 Å². The van der Waals surface area contributed by atoms with Gasteiger partial charge in [0.25, 0.3) is 0 Å². The largest absolute Gasteiger partial charge is 0.509 e. The van der Waals surface area contributed by atoms with Crippen LogP contribution in [0.15, 0.2) is 35.8 Å². The van der Waals surface area contributed by atoms with E-state index in [2.05, 4.69) is 14.5 Å². The van der Waals surface area contributed by atoms with Crippen LogP contribution in [-0.4, -0.2) is 41.7 Å². The minimum Gasteiger partial charge on any atom is -0.464 e. The predicted octanol–water partition coefficient (Wildman–Crippen LogP) is 2.86. The normalized spacial score (nSPS) is 10.5. The van der Waals surface area contributed by atoms with Crippen LogP contribution in [0.5, 0.6) is 0 Å². The molecule has 0 unspecified atom stereocenters. The van der Waals surface area contributed by atoms with Crippen LogP contribution >= 0.6 is 11.3 Å². The second-order valence-corrected chi connectivity index (χ2v) is 5.97. The molecule has 9 heteroatoms. The lowest BCUT2D eigenvalue weighted by atomic mass is 10.1. The number of methoxy groups -OCH3 is 2. The molecule has 3 aromatic rings. The fourth-order valence-electron chi connectivity index (χ4n) is 2.41. The summed E-state index contributed by atoms with van der Waals surface area (Å²) in [5.41, 5.74) is 1.18. The summed E-state index contributed by atoms with van der Waals surface area (Å²) in [4.78, 5) is 39.6. The van der Waals surface area contributed by atoms with E-state index in [0.717, 1.165) is 11.3 Å². The van der Waals surface area contributed by atoms with Gasteiger partial charge in [-0.2, -0.15) is 0 Å². The summed E-state index contributed by atoms with van der Waals surface area (Å²) in [6.07, 6.45) is 0.758. The van der Waals surface area contributed by atoms with Crippen LogP contribution in [0, 0.1) is 0 Å². The highest BCUT2D eigenvalue weighted by Gasteiger charge is 2.21. The SMILES string of the molecule is COC(=O)OCn1cc(C(=O)c2nc(C(=O)OC)cs2)c2ccccc21. The molecular formula is C17H14N2O6S. The smallest absolute Gasteiger partial charge is 0.464 e. The van der Waals surface area contributed by atoms with E-state index in [1.165, 1.54) is 19.6 Å². The van der Waals surface area contributed by atoms with Gasteiger partial charge in [-0.05, 0) is 6.07 Å². The first-order valence-corrected chi connectivity index (χ1v) is 8.30. The van der Waals surface area contributed by atoms with Gasteiger partial charge in [-0.15, -0.1) is 11.3 Å². The number of hydrogen-bond acceptors (Lipinski definition) is 8. The van der Waals surface area contributed by atoms with Crippen LogP contribution in [0.25, 0.3) is 10.9 Å². The Kier molecular flexibility index (Phi) is 4.99. The van der Waals surface area contributed by atoms with Crippen LogP contribution in [0.2, 0.25) is 0 Å². The summed E-state index contributed by atoms with van der Waals surface area (Å²) in [5, 5.41) is 2.32. The highest BCUT2D eigenvalue weighted by atomic mass is 32.1. The van der Waals surface area contributed by atoms with Gasteiger partial charge in [0.15, 0.2) is 17.4 Å². The summed E-state index contributed by atoms with van der Waals surface area (Å²) < 4.78 is 15.6. The molecule has 26 heavy (non-hydrogen) atoms. The minimum atomic E-state index is -0.821. The zero-order valence-electron chi connectivity index (χ0n) is 13.9. The first-order valence-electron chi connectivity index (χ1n) is 7.42. The average Bonchev–Trinajstić information content (AvgIpc) is 3.30. The molecule has 3 rings (SSSR count). The molecule has 134 valence electrons. The van der Waals surface area contributed by atoms with Gasteiger partial charge in [0, 0.05) is 17.0 Å². The standard InChI is InChI=1S/C17H14N2O6S/c1-23-16(21)12-8-26-15(18-12)14(20)11-7-19(9-25-17(22)24-2)13-6-4-3-5-10(11)13/h3-8H,9H2,1-2H3. The average molecular weight is 374 g/mol. The maximum absolute atomic E-state index is 12.8. The Hall–Kier alpha value is -3.20. The molecule has 0 aliphatic carbocycles. The third kappa shape index (κ3) is 3.29. The molecule has 0 spiro atoms. The number of thiazole rings is 1. The number of hydrogen-bond donors (Lipinski definition) is 0. The lowest BCUT2D eigenvalue weighted by molar-refractivity contribution is 0.0499. The Bertz CT molecular complexity index is 990. The van der Waals surface area contributed by atoms with Crippen molar-refractivity contribution in [2.24, 2.45) is 0 Å². The molecule has 0 N–H and O–H groups in total. The molecule has 0 aliphatic heterocycles. The Morgan fingerprint density at radius 1 is 1.15 bits per heavy atom. The van der Waals surface area contributed by atoms with E-state index >= 15 is 0 Å². The number of carbonyl (C=O) groups is 3. The number of para-hydroxylation sites is 1. The van der Waals surface area contributed by atoms with Crippen LogP contribution < -0.4 is 0 Å². The zero-order valence-corrected chi connectivity index (χ0v) is 14.7. The van der Waals surface area contributed by atoms with E-state index < -0.39 is 12.1 Å². The number of fused-ring (bicyclic) bond motifs is 1. The molecule has 0 radical (unpaired) electrons.